The van der Waals surface area contributed by atoms with Crippen molar-refractivity contribution in [2.75, 3.05) is 47.5 Å². The minimum Gasteiger partial charge on any atom is -0.756 e. The Bertz CT molecular complexity index is 1460. The standard InChI is InChI=1S/C60H106NO8P/c1-6-8-10-12-14-16-18-20-22-24-25-26-27-28-29-30-31-32-33-34-35-37-38-40-42-44-46-48-50-52-59(62)66-56-58(57-68-70(64,65)67-55-54-61(3,4)5)69-60(63)53-51-49-47-45-43-41-39-36-23-21-19-17-15-13-11-9-7-2/h9,11,15,17-18,20-21,23-25,27-28,39,41,58H,6-8,10,12-14,16,19,22,26,29-38,40,42-57H2,1-5H3/b11-9-,17-15-,20-18-,23-21-,25-24-,28-27-,41-39-. The number of unbranched alkanes of at least 4 members (excludes halogenated alkanes) is 23. The van der Waals surface area contributed by atoms with Crippen LogP contribution in [0.4, 0.5) is 0 Å². The number of carbonyl (C=O) groups is 2. The summed E-state index contributed by atoms with van der Waals surface area (Å²) in [7, 11) is 1.14. The minimum absolute atomic E-state index is 0.0395. The maximum Gasteiger partial charge on any atom is 0.306 e. The number of carbonyl (C=O) groups excluding carboxylic acids is 2. The molecular formula is C60H106NO8P. The molecule has 0 bridgehead atoms. The van der Waals surface area contributed by atoms with Crippen LogP contribution in [0.2, 0.25) is 0 Å². The van der Waals surface area contributed by atoms with Crippen LogP contribution >= 0.6 is 7.82 Å². The second kappa shape index (κ2) is 51.1. The summed E-state index contributed by atoms with van der Waals surface area (Å²) < 4.78 is 34.1. The Kier molecular flexibility index (Phi) is 49.1. The molecule has 0 aromatic carbocycles. The van der Waals surface area contributed by atoms with E-state index in [9.17, 15) is 19.0 Å². The molecule has 0 aromatic rings. The maximum atomic E-state index is 12.7. The second-order valence-electron chi connectivity index (χ2n) is 19.9. The molecule has 9 nitrogen and oxygen atoms in total. The summed E-state index contributed by atoms with van der Waals surface area (Å²) >= 11 is 0. The molecular weight excluding hydrogens is 894 g/mol. The molecule has 0 aliphatic heterocycles. The van der Waals surface area contributed by atoms with Crippen LogP contribution in [-0.2, 0) is 32.7 Å². The van der Waals surface area contributed by atoms with Crippen molar-refractivity contribution in [1.29, 1.82) is 0 Å². The van der Waals surface area contributed by atoms with E-state index in [4.69, 9.17) is 18.5 Å². The SMILES string of the molecule is CC/C=C\C/C=C\C/C=C\C/C=C\CCCCCCC(=O)OC(COC(=O)CCCCCCCCCCCCCCCC/C=C\C/C=C\C/C=C\CCCCCCC)COP(=O)([O-])OCC[N+](C)(C)C. The van der Waals surface area contributed by atoms with Gasteiger partial charge in [0, 0.05) is 12.8 Å². The van der Waals surface area contributed by atoms with E-state index < -0.39 is 32.5 Å². The van der Waals surface area contributed by atoms with E-state index in [1.165, 1.54) is 116 Å². The smallest absolute Gasteiger partial charge is 0.306 e. The second-order valence-corrected chi connectivity index (χ2v) is 21.3. The van der Waals surface area contributed by atoms with Crippen molar-refractivity contribution in [3.05, 3.63) is 85.1 Å². The number of hydrogen-bond acceptors (Lipinski definition) is 8. The number of likely N-dealkylation sites (N-methyl/N-ethyl adjacent to an activating group) is 1. The third-order valence-corrected chi connectivity index (χ3v) is 12.9. The van der Waals surface area contributed by atoms with Gasteiger partial charge in [0.15, 0.2) is 6.10 Å². The number of esters is 2. The summed E-state index contributed by atoms with van der Waals surface area (Å²) in [6.07, 6.45) is 67.7. The number of phosphoric ester groups is 1. The molecule has 0 fully saturated rings. The predicted octanol–water partition coefficient (Wildman–Crippen LogP) is 16.8. The Morgan fingerprint density at radius 2 is 0.814 bits per heavy atom. The summed E-state index contributed by atoms with van der Waals surface area (Å²) in [6.45, 7) is 4.08. The average Bonchev–Trinajstić information content (AvgIpc) is 3.32. The molecule has 70 heavy (non-hydrogen) atoms. The number of hydrogen-bond donors (Lipinski definition) is 0. The molecule has 0 saturated heterocycles. The molecule has 0 saturated carbocycles. The van der Waals surface area contributed by atoms with Gasteiger partial charge >= 0.3 is 11.9 Å². The Balaban J connectivity index is 4.15. The zero-order valence-electron chi connectivity index (χ0n) is 45.7. The third-order valence-electron chi connectivity index (χ3n) is 11.9. The molecule has 10 heteroatoms. The summed E-state index contributed by atoms with van der Waals surface area (Å²) in [5.41, 5.74) is 0. The van der Waals surface area contributed by atoms with Crippen molar-refractivity contribution in [3.63, 3.8) is 0 Å². The highest BCUT2D eigenvalue weighted by molar-refractivity contribution is 7.45. The first kappa shape index (κ1) is 67.2. The topological polar surface area (TPSA) is 111 Å². The van der Waals surface area contributed by atoms with Gasteiger partial charge in [0.1, 0.15) is 19.8 Å². The lowest BCUT2D eigenvalue weighted by Crippen LogP contribution is -2.37. The highest BCUT2D eigenvalue weighted by atomic mass is 31.2. The van der Waals surface area contributed by atoms with Gasteiger partial charge in [0.2, 0.25) is 0 Å². The largest absolute Gasteiger partial charge is 0.756 e. The van der Waals surface area contributed by atoms with Crippen LogP contribution in [0.25, 0.3) is 0 Å². The van der Waals surface area contributed by atoms with Crippen LogP contribution in [-0.4, -0.2) is 70.0 Å². The van der Waals surface area contributed by atoms with Crippen molar-refractivity contribution in [1.82, 2.24) is 0 Å². The number of allylic oxidation sites excluding steroid dienone is 14. The monoisotopic (exact) mass is 1000 g/mol. The van der Waals surface area contributed by atoms with Gasteiger partial charge in [-0.15, -0.1) is 0 Å². The van der Waals surface area contributed by atoms with E-state index >= 15 is 0 Å². The van der Waals surface area contributed by atoms with Gasteiger partial charge in [-0.2, -0.15) is 0 Å². The number of quaternary nitrogens is 1. The Labute approximate surface area is 431 Å². The third kappa shape index (κ3) is 54.5. The first-order valence-electron chi connectivity index (χ1n) is 28.3. The van der Waals surface area contributed by atoms with Gasteiger partial charge in [-0.25, -0.2) is 0 Å². The molecule has 0 aliphatic carbocycles. The quantitative estimate of drug-likeness (QED) is 0.0195. The summed E-state index contributed by atoms with van der Waals surface area (Å²) in [4.78, 5) is 37.8. The lowest BCUT2D eigenvalue weighted by Gasteiger charge is -2.28. The lowest BCUT2D eigenvalue weighted by molar-refractivity contribution is -0.870. The van der Waals surface area contributed by atoms with Gasteiger partial charge in [0.25, 0.3) is 7.82 Å². The zero-order valence-corrected chi connectivity index (χ0v) is 46.6. The Morgan fingerprint density at radius 1 is 0.457 bits per heavy atom. The van der Waals surface area contributed by atoms with E-state index in [-0.39, 0.29) is 26.1 Å². The fraction of sp³-hybridized carbons (Fsp3) is 0.733. The minimum atomic E-state index is -4.64. The van der Waals surface area contributed by atoms with Gasteiger partial charge in [-0.1, -0.05) is 214 Å². The molecule has 0 radical (unpaired) electrons. The molecule has 404 valence electrons. The van der Waals surface area contributed by atoms with Crippen LogP contribution in [0.15, 0.2) is 85.1 Å². The van der Waals surface area contributed by atoms with Crippen molar-refractivity contribution in [2.24, 2.45) is 0 Å². The van der Waals surface area contributed by atoms with Gasteiger partial charge in [0.05, 0.1) is 27.7 Å². The fourth-order valence-corrected chi connectivity index (χ4v) is 8.26. The molecule has 2 atom stereocenters. The molecule has 0 N–H and O–H groups in total. The van der Waals surface area contributed by atoms with Crippen LogP contribution in [0.5, 0.6) is 0 Å². The summed E-state index contributed by atoms with van der Waals surface area (Å²) in [5, 5.41) is 0. The highest BCUT2D eigenvalue weighted by Crippen LogP contribution is 2.38. The van der Waals surface area contributed by atoms with E-state index in [1.807, 2.05) is 21.1 Å². The van der Waals surface area contributed by atoms with Crippen LogP contribution in [0, 0.1) is 0 Å². The Morgan fingerprint density at radius 3 is 1.21 bits per heavy atom. The molecule has 0 heterocycles. The Hall–Kier alpha value is -2.81. The zero-order chi connectivity index (χ0) is 51.3. The average molecular weight is 1000 g/mol. The first-order chi connectivity index (χ1) is 34.0. The number of rotatable bonds is 51. The molecule has 0 spiro atoms. The van der Waals surface area contributed by atoms with E-state index in [0.717, 1.165) is 83.5 Å². The molecule has 2 unspecified atom stereocenters. The van der Waals surface area contributed by atoms with Gasteiger partial charge < -0.3 is 27.9 Å². The van der Waals surface area contributed by atoms with Gasteiger partial charge in [-0.3, -0.25) is 14.2 Å². The van der Waals surface area contributed by atoms with Crippen molar-refractivity contribution in [3.8, 4) is 0 Å². The first-order valence-corrected chi connectivity index (χ1v) is 29.8. The molecule has 0 rings (SSSR count). The summed E-state index contributed by atoms with van der Waals surface area (Å²) in [6, 6.07) is 0. The predicted molar refractivity (Wildman–Crippen MR) is 296 cm³/mol. The molecule has 0 aliphatic rings. The van der Waals surface area contributed by atoms with Crippen molar-refractivity contribution < 1.29 is 42.1 Å². The normalized spacial score (nSPS) is 14.0. The summed E-state index contributed by atoms with van der Waals surface area (Å²) in [5.74, 6) is -0.863. The van der Waals surface area contributed by atoms with E-state index in [1.54, 1.807) is 0 Å². The van der Waals surface area contributed by atoms with Crippen molar-refractivity contribution in [2.45, 2.75) is 238 Å². The van der Waals surface area contributed by atoms with E-state index in [2.05, 4.69) is 98.9 Å². The van der Waals surface area contributed by atoms with Gasteiger partial charge in [-0.05, 0) is 89.9 Å². The maximum absolute atomic E-state index is 12.7. The van der Waals surface area contributed by atoms with E-state index in [0.29, 0.717) is 17.4 Å². The van der Waals surface area contributed by atoms with Crippen LogP contribution in [0.1, 0.15) is 232 Å². The van der Waals surface area contributed by atoms with Crippen LogP contribution in [0.3, 0.4) is 0 Å². The molecule has 0 aromatic heterocycles. The number of nitrogens with zero attached hydrogens (tertiary/aromatic N) is 1. The number of phosphoric acid groups is 1. The molecule has 0 amide bonds. The van der Waals surface area contributed by atoms with Crippen molar-refractivity contribution >= 4 is 19.8 Å². The lowest BCUT2D eigenvalue weighted by atomic mass is 10.0. The fourth-order valence-electron chi connectivity index (χ4n) is 7.54. The highest BCUT2D eigenvalue weighted by Gasteiger charge is 2.21. The number of ether oxygens (including phenoxy) is 2. The van der Waals surface area contributed by atoms with Crippen LogP contribution < -0.4 is 4.89 Å².